The number of likely N-dealkylation sites (N-methyl/N-ethyl adjacent to an activating group) is 1. The Morgan fingerprint density at radius 1 is 0.967 bits per heavy atom. The van der Waals surface area contributed by atoms with Crippen LogP contribution in [0.15, 0.2) is 77.3 Å². The number of aliphatic hydroxyl groups is 1. The van der Waals surface area contributed by atoms with Gasteiger partial charge in [-0.05, 0) is 39.2 Å². The summed E-state index contributed by atoms with van der Waals surface area (Å²) in [5, 5.41) is 12.0. The Hall–Kier alpha value is -2.96. The van der Waals surface area contributed by atoms with Crippen molar-refractivity contribution in [2.45, 2.75) is 18.1 Å². The molecule has 0 unspecified atom stereocenters. The van der Waals surface area contributed by atoms with E-state index in [-0.39, 0.29) is 5.91 Å². The first-order valence-corrected chi connectivity index (χ1v) is 10.5. The van der Waals surface area contributed by atoms with Crippen LogP contribution in [-0.4, -0.2) is 24.0 Å². The maximum Gasteiger partial charge on any atom is 0.265 e. The van der Waals surface area contributed by atoms with Gasteiger partial charge in [0.15, 0.2) is 5.60 Å². The molecule has 1 N–H and O–H groups in total. The third-order valence-electron chi connectivity index (χ3n) is 6.03. The molecule has 3 aromatic rings. The maximum atomic E-state index is 13.8. The molecule has 30 heavy (non-hydrogen) atoms. The highest BCUT2D eigenvalue weighted by Crippen LogP contribution is 2.54. The zero-order valence-electron chi connectivity index (χ0n) is 16.2. The highest BCUT2D eigenvalue weighted by molar-refractivity contribution is 9.10. The van der Waals surface area contributed by atoms with E-state index < -0.39 is 17.4 Å². The van der Waals surface area contributed by atoms with Gasteiger partial charge in [-0.25, -0.2) is 0 Å². The zero-order valence-corrected chi connectivity index (χ0v) is 17.8. The van der Waals surface area contributed by atoms with Crippen molar-refractivity contribution in [2.24, 2.45) is 0 Å². The number of benzene rings is 3. The Morgan fingerprint density at radius 2 is 1.67 bits per heavy atom. The van der Waals surface area contributed by atoms with Crippen LogP contribution < -0.4 is 9.80 Å². The fraction of sp³-hybridized carbons (Fsp3) is 0.167. The lowest BCUT2D eigenvalue weighted by Crippen LogP contribution is -2.47. The van der Waals surface area contributed by atoms with E-state index in [0.29, 0.717) is 33.5 Å². The van der Waals surface area contributed by atoms with Gasteiger partial charge in [0, 0.05) is 22.8 Å². The van der Waals surface area contributed by atoms with E-state index in [9.17, 15) is 14.7 Å². The van der Waals surface area contributed by atoms with E-state index in [2.05, 4.69) is 15.9 Å². The molecule has 6 heteroatoms. The molecule has 2 aliphatic rings. The van der Waals surface area contributed by atoms with E-state index in [1.54, 1.807) is 24.1 Å². The van der Waals surface area contributed by atoms with E-state index in [4.69, 9.17) is 0 Å². The van der Waals surface area contributed by atoms with Gasteiger partial charge in [-0.2, -0.15) is 0 Å². The number of halogens is 1. The van der Waals surface area contributed by atoms with Crippen molar-refractivity contribution < 1.29 is 14.7 Å². The molecule has 150 valence electrons. The molecule has 5 rings (SSSR count). The predicted octanol–water partition coefficient (Wildman–Crippen LogP) is 3.94. The minimum Gasteiger partial charge on any atom is -0.374 e. The monoisotopic (exact) mass is 462 g/mol. The summed E-state index contributed by atoms with van der Waals surface area (Å²) in [5.74, 6) is -1.78. The largest absolute Gasteiger partial charge is 0.374 e. The van der Waals surface area contributed by atoms with Gasteiger partial charge in [0.2, 0.25) is 5.91 Å². The topological polar surface area (TPSA) is 60.9 Å². The lowest BCUT2D eigenvalue weighted by Gasteiger charge is -2.28. The summed E-state index contributed by atoms with van der Waals surface area (Å²) in [6.45, 7) is 0.302. The molecule has 5 nitrogen and oxygen atoms in total. The van der Waals surface area contributed by atoms with Crippen LogP contribution in [0, 0.1) is 0 Å². The molecule has 0 bridgehead atoms. The average molecular weight is 463 g/mol. The third-order valence-corrected chi connectivity index (χ3v) is 6.67. The van der Waals surface area contributed by atoms with Crippen molar-refractivity contribution in [2.75, 3.05) is 16.8 Å². The molecule has 2 atom stereocenters. The van der Waals surface area contributed by atoms with Crippen LogP contribution >= 0.6 is 15.9 Å². The van der Waals surface area contributed by atoms with Gasteiger partial charge >= 0.3 is 0 Å². The standard InChI is InChI=1S/C24H19BrN2O3/c1-26-19-13-6-5-10-16(19)20(22(26)28)24(30)17-11-7-12-18(25)21(17)27(23(24)29)14-15-8-3-2-4-9-15/h2-13,20,30H,14H2,1H3/t20-,24+/m1/s1. The van der Waals surface area contributed by atoms with E-state index in [0.717, 1.165) is 5.56 Å². The molecule has 0 spiro atoms. The summed E-state index contributed by atoms with van der Waals surface area (Å²) in [5.41, 5.74) is 1.38. The van der Waals surface area contributed by atoms with Crippen LogP contribution in [0.2, 0.25) is 0 Å². The SMILES string of the molecule is CN1C(=O)[C@H]([C@]2(O)C(=O)N(Cc3ccccc3)c3c(Br)cccc32)c2ccccc21. The summed E-state index contributed by atoms with van der Waals surface area (Å²) in [6.07, 6.45) is 0. The normalized spacial score (nSPS) is 22.4. The molecule has 0 saturated heterocycles. The molecule has 2 amide bonds. The van der Waals surface area contributed by atoms with Crippen LogP contribution in [0.5, 0.6) is 0 Å². The summed E-state index contributed by atoms with van der Waals surface area (Å²) in [7, 11) is 1.67. The molecule has 3 aromatic carbocycles. The second-order valence-electron chi connectivity index (χ2n) is 7.67. The Morgan fingerprint density at radius 3 is 2.43 bits per heavy atom. The number of hydrogen-bond acceptors (Lipinski definition) is 3. The van der Waals surface area contributed by atoms with E-state index in [1.807, 2.05) is 60.7 Å². The predicted molar refractivity (Wildman–Crippen MR) is 118 cm³/mol. The van der Waals surface area contributed by atoms with Gasteiger partial charge < -0.3 is 14.9 Å². The first kappa shape index (κ1) is 19.0. The molecule has 0 radical (unpaired) electrons. The molecule has 0 saturated carbocycles. The number of nitrogens with zero attached hydrogens (tertiary/aromatic N) is 2. The first-order valence-electron chi connectivity index (χ1n) is 9.68. The van der Waals surface area contributed by atoms with E-state index >= 15 is 0 Å². The smallest absolute Gasteiger partial charge is 0.265 e. The van der Waals surface area contributed by atoms with Crippen molar-refractivity contribution in [1.82, 2.24) is 0 Å². The number of hydrogen-bond donors (Lipinski definition) is 1. The molecular formula is C24H19BrN2O3. The van der Waals surface area contributed by atoms with E-state index in [1.165, 1.54) is 4.90 Å². The Kier molecular flexibility index (Phi) is 4.31. The van der Waals surface area contributed by atoms with Crippen molar-refractivity contribution in [3.05, 3.63) is 94.0 Å². The summed E-state index contributed by atoms with van der Waals surface area (Å²) in [6, 6.07) is 22.3. The number of rotatable bonds is 3. The van der Waals surface area contributed by atoms with Gasteiger partial charge in [0.25, 0.3) is 5.91 Å². The number of para-hydroxylation sites is 2. The highest BCUT2D eigenvalue weighted by Gasteiger charge is 2.60. The molecule has 0 aliphatic carbocycles. The van der Waals surface area contributed by atoms with Gasteiger partial charge in [-0.1, -0.05) is 60.7 Å². The minimum atomic E-state index is -1.98. The first-order chi connectivity index (χ1) is 14.4. The van der Waals surface area contributed by atoms with Crippen molar-refractivity contribution >= 4 is 39.1 Å². The Balaban J connectivity index is 1.69. The molecule has 2 aliphatic heterocycles. The van der Waals surface area contributed by atoms with Gasteiger partial charge in [0.05, 0.1) is 12.2 Å². The molecular weight excluding hydrogens is 444 g/mol. The zero-order chi connectivity index (χ0) is 21.0. The van der Waals surface area contributed by atoms with Crippen molar-refractivity contribution in [1.29, 1.82) is 0 Å². The lowest BCUT2D eigenvalue weighted by molar-refractivity contribution is -0.144. The number of amides is 2. The van der Waals surface area contributed by atoms with Crippen LogP contribution in [0.3, 0.4) is 0 Å². The van der Waals surface area contributed by atoms with Crippen molar-refractivity contribution in [3.63, 3.8) is 0 Å². The Bertz CT molecular complexity index is 1180. The number of carbonyl (C=O) groups excluding carboxylic acids is 2. The number of fused-ring (bicyclic) bond motifs is 2. The molecule has 0 fully saturated rings. The summed E-state index contributed by atoms with van der Waals surface area (Å²) < 4.78 is 0.701. The Labute approximate surface area is 182 Å². The van der Waals surface area contributed by atoms with Crippen LogP contribution in [-0.2, 0) is 21.7 Å². The fourth-order valence-corrected chi connectivity index (χ4v) is 5.18. The van der Waals surface area contributed by atoms with Gasteiger partial charge in [0.1, 0.15) is 5.92 Å². The maximum absolute atomic E-state index is 13.8. The summed E-state index contributed by atoms with van der Waals surface area (Å²) in [4.78, 5) is 30.1. The minimum absolute atomic E-state index is 0.292. The second-order valence-corrected chi connectivity index (χ2v) is 8.52. The highest BCUT2D eigenvalue weighted by atomic mass is 79.9. The molecule has 0 aromatic heterocycles. The fourth-order valence-electron chi connectivity index (χ4n) is 4.60. The quantitative estimate of drug-likeness (QED) is 0.640. The second kappa shape index (κ2) is 6.79. The molecule has 2 heterocycles. The summed E-state index contributed by atoms with van der Waals surface area (Å²) >= 11 is 3.55. The van der Waals surface area contributed by atoms with Gasteiger partial charge in [-0.3, -0.25) is 9.59 Å². The lowest BCUT2D eigenvalue weighted by atomic mass is 9.78. The van der Waals surface area contributed by atoms with Crippen LogP contribution in [0.25, 0.3) is 0 Å². The van der Waals surface area contributed by atoms with Crippen molar-refractivity contribution in [3.8, 4) is 0 Å². The van der Waals surface area contributed by atoms with Crippen LogP contribution in [0.1, 0.15) is 22.6 Å². The third kappa shape index (κ3) is 2.50. The number of anilines is 2. The van der Waals surface area contributed by atoms with Gasteiger partial charge in [-0.15, -0.1) is 0 Å². The number of carbonyl (C=O) groups is 2. The average Bonchev–Trinajstić information content (AvgIpc) is 3.14. The van der Waals surface area contributed by atoms with Crippen LogP contribution in [0.4, 0.5) is 11.4 Å².